The highest BCUT2D eigenvalue weighted by Gasteiger charge is 2.20. The van der Waals surface area contributed by atoms with Crippen LogP contribution in [-0.4, -0.2) is 16.3 Å². The first kappa shape index (κ1) is 13.5. The number of hydrogen-bond donors (Lipinski definition) is 1. The van der Waals surface area contributed by atoms with E-state index in [0.29, 0.717) is 17.5 Å². The number of ether oxygens (including phenoxy) is 1. The predicted molar refractivity (Wildman–Crippen MR) is 78.9 cm³/mol. The molecule has 0 bridgehead atoms. The molecule has 5 heteroatoms. The van der Waals surface area contributed by atoms with Gasteiger partial charge in [-0.25, -0.2) is 4.68 Å². The van der Waals surface area contributed by atoms with E-state index in [9.17, 15) is 0 Å². The Morgan fingerprint density at radius 3 is 2.90 bits per heavy atom. The third kappa shape index (κ3) is 2.97. The van der Waals surface area contributed by atoms with Gasteiger partial charge in [-0.2, -0.15) is 5.10 Å². The summed E-state index contributed by atoms with van der Waals surface area (Å²) in [4.78, 5) is 0. The highest BCUT2D eigenvalue weighted by molar-refractivity contribution is 6.31. The summed E-state index contributed by atoms with van der Waals surface area (Å²) in [6.45, 7) is 1.52. The first-order valence-corrected chi connectivity index (χ1v) is 7.35. The second-order valence-electron chi connectivity index (χ2n) is 4.98. The van der Waals surface area contributed by atoms with Gasteiger partial charge in [0.05, 0.1) is 6.20 Å². The number of aromatic nitrogens is 2. The van der Waals surface area contributed by atoms with Crippen molar-refractivity contribution >= 4 is 11.6 Å². The first-order valence-electron chi connectivity index (χ1n) is 6.98. The number of halogens is 1. The van der Waals surface area contributed by atoms with E-state index < -0.39 is 0 Å². The molecule has 1 saturated heterocycles. The Kier molecular flexibility index (Phi) is 4.23. The van der Waals surface area contributed by atoms with E-state index in [-0.39, 0.29) is 6.17 Å². The van der Waals surface area contributed by atoms with Crippen LogP contribution in [-0.2, 0) is 6.61 Å². The Hall–Kier alpha value is -1.52. The molecule has 3 rings (SSSR count). The second-order valence-corrected chi connectivity index (χ2v) is 5.34. The average molecular weight is 292 g/mol. The van der Waals surface area contributed by atoms with Crippen LogP contribution in [0.4, 0.5) is 0 Å². The van der Waals surface area contributed by atoms with Crippen LogP contribution in [0.5, 0.6) is 5.75 Å². The lowest BCUT2D eigenvalue weighted by Gasteiger charge is -2.24. The molecule has 0 radical (unpaired) electrons. The molecule has 1 unspecified atom stereocenters. The van der Waals surface area contributed by atoms with Crippen molar-refractivity contribution in [2.24, 2.45) is 0 Å². The van der Waals surface area contributed by atoms with Gasteiger partial charge in [-0.15, -0.1) is 0 Å². The standard InChI is InChI=1S/C15H18ClN3O/c16-15-13(20-11-12-6-2-1-3-7-12)10-18-19(15)14-8-4-5-9-17-14/h1-3,6-7,10,14,17H,4-5,8-9,11H2. The summed E-state index contributed by atoms with van der Waals surface area (Å²) in [5, 5.41) is 8.34. The van der Waals surface area contributed by atoms with Crippen molar-refractivity contribution in [1.82, 2.24) is 15.1 Å². The first-order chi connectivity index (χ1) is 9.84. The molecule has 2 aromatic rings. The van der Waals surface area contributed by atoms with Gasteiger partial charge in [0.1, 0.15) is 12.8 Å². The van der Waals surface area contributed by atoms with Gasteiger partial charge in [0.2, 0.25) is 0 Å². The van der Waals surface area contributed by atoms with Gasteiger partial charge in [-0.3, -0.25) is 5.32 Å². The van der Waals surface area contributed by atoms with Crippen molar-refractivity contribution in [3.63, 3.8) is 0 Å². The monoisotopic (exact) mass is 291 g/mol. The zero-order valence-corrected chi connectivity index (χ0v) is 12.0. The van der Waals surface area contributed by atoms with Crippen molar-refractivity contribution in [2.75, 3.05) is 6.54 Å². The third-order valence-electron chi connectivity index (χ3n) is 3.52. The fourth-order valence-corrected chi connectivity index (χ4v) is 2.69. The van der Waals surface area contributed by atoms with Crippen LogP contribution in [0.3, 0.4) is 0 Å². The summed E-state index contributed by atoms with van der Waals surface area (Å²) in [6, 6.07) is 10.0. The van der Waals surface area contributed by atoms with Crippen LogP contribution >= 0.6 is 11.6 Å². The molecular weight excluding hydrogens is 274 g/mol. The molecule has 4 nitrogen and oxygen atoms in total. The summed E-state index contributed by atoms with van der Waals surface area (Å²) in [7, 11) is 0. The average Bonchev–Trinajstić information content (AvgIpc) is 2.88. The number of benzene rings is 1. The van der Waals surface area contributed by atoms with Gasteiger partial charge in [-0.05, 0) is 31.4 Å². The van der Waals surface area contributed by atoms with E-state index >= 15 is 0 Å². The Bertz CT molecular complexity index is 550. The van der Waals surface area contributed by atoms with Crippen molar-refractivity contribution < 1.29 is 4.74 Å². The SMILES string of the molecule is Clc1c(OCc2ccccc2)cnn1C1CCCCN1. The Labute approximate surface area is 123 Å². The minimum Gasteiger partial charge on any atom is -0.484 e. The van der Waals surface area contributed by atoms with E-state index in [2.05, 4.69) is 10.4 Å². The minimum atomic E-state index is 0.185. The quantitative estimate of drug-likeness (QED) is 0.938. The van der Waals surface area contributed by atoms with Gasteiger partial charge in [0.15, 0.2) is 10.9 Å². The van der Waals surface area contributed by atoms with Crippen LogP contribution < -0.4 is 10.1 Å². The topological polar surface area (TPSA) is 39.1 Å². The zero-order valence-electron chi connectivity index (χ0n) is 11.3. The fourth-order valence-electron chi connectivity index (χ4n) is 2.42. The van der Waals surface area contributed by atoms with E-state index in [4.69, 9.17) is 16.3 Å². The van der Waals surface area contributed by atoms with Crippen LogP contribution in [0.15, 0.2) is 36.5 Å². The molecule has 1 atom stereocenters. The van der Waals surface area contributed by atoms with Crippen molar-refractivity contribution in [2.45, 2.75) is 32.0 Å². The molecule has 106 valence electrons. The Morgan fingerprint density at radius 1 is 1.30 bits per heavy atom. The minimum absolute atomic E-state index is 0.185. The van der Waals surface area contributed by atoms with Crippen LogP contribution in [0.1, 0.15) is 31.0 Å². The summed E-state index contributed by atoms with van der Waals surface area (Å²) >= 11 is 6.36. The Balaban J connectivity index is 1.67. The van der Waals surface area contributed by atoms with Gasteiger partial charge in [0.25, 0.3) is 0 Å². The van der Waals surface area contributed by atoms with Crippen LogP contribution in [0, 0.1) is 0 Å². The molecule has 1 aromatic heterocycles. The lowest BCUT2D eigenvalue weighted by Crippen LogP contribution is -2.32. The van der Waals surface area contributed by atoms with Crippen molar-refractivity contribution in [3.8, 4) is 5.75 Å². The molecule has 0 aliphatic carbocycles. The highest BCUT2D eigenvalue weighted by Crippen LogP contribution is 2.29. The summed E-state index contributed by atoms with van der Waals surface area (Å²) < 4.78 is 7.57. The van der Waals surface area contributed by atoms with Gasteiger partial charge >= 0.3 is 0 Å². The maximum atomic E-state index is 6.36. The fraction of sp³-hybridized carbons (Fsp3) is 0.400. The largest absolute Gasteiger partial charge is 0.484 e. The third-order valence-corrected chi connectivity index (χ3v) is 3.88. The second kappa shape index (κ2) is 6.29. The normalized spacial score (nSPS) is 18.9. The molecule has 2 heterocycles. The van der Waals surface area contributed by atoms with E-state index in [1.807, 2.05) is 35.0 Å². The van der Waals surface area contributed by atoms with E-state index in [1.165, 1.54) is 12.8 Å². The highest BCUT2D eigenvalue weighted by atomic mass is 35.5. The summed E-state index contributed by atoms with van der Waals surface area (Å²) in [5.74, 6) is 0.642. The maximum Gasteiger partial charge on any atom is 0.176 e. The zero-order chi connectivity index (χ0) is 13.8. The molecule has 0 saturated carbocycles. The number of nitrogens with zero attached hydrogens (tertiary/aromatic N) is 2. The number of piperidine rings is 1. The molecule has 0 spiro atoms. The molecule has 1 N–H and O–H groups in total. The predicted octanol–water partition coefficient (Wildman–Crippen LogP) is 3.39. The molecular formula is C15H18ClN3O. The molecule has 0 amide bonds. The van der Waals surface area contributed by atoms with Crippen molar-refractivity contribution in [3.05, 3.63) is 47.2 Å². The van der Waals surface area contributed by atoms with Crippen LogP contribution in [0.25, 0.3) is 0 Å². The molecule has 1 fully saturated rings. The number of nitrogens with one attached hydrogen (secondary N) is 1. The maximum absolute atomic E-state index is 6.36. The summed E-state index contributed by atoms with van der Waals surface area (Å²) in [6.07, 6.45) is 5.35. The summed E-state index contributed by atoms with van der Waals surface area (Å²) in [5.41, 5.74) is 1.12. The lowest BCUT2D eigenvalue weighted by atomic mass is 10.1. The van der Waals surface area contributed by atoms with Gasteiger partial charge < -0.3 is 4.74 Å². The van der Waals surface area contributed by atoms with E-state index in [1.54, 1.807) is 6.20 Å². The van der Waals surface area contributed by atoms with Gasteiger partial charge in [-0.1, -0.05) is 41.9 Å². The molecule has 1 aromatic carbocycles. The molecule has 1 aliphatic heterocycles. The Morgan fingerprint density at radius 2 is 2.15 bits per heavy atom. The number of hydrogen-bond acceptors (Lipinski definition) is 3. The van der Waals surface area contributed by atoms with Crippen LogP contribution in [0.2, 0.25) is 5.15 Å². The number of rotatable bonds is 4. The van der Waals surface area contributed by atoms with E-state index in [0.717, 1.165) is 18.5 Å². The van der Waals surface area contributed by atoms with Crippen molar-refractivity contribution in [1.29, 1.82) is 0 Å². The molecule has 20 heavy (non-hydrogen) atoms. The molecule has 1 aliphatic rings. The van der Waals surface area contributed by atoms with Gasteiger partial charge in [0, 0.05) is 0 Å². The lowest BCUT2D eigenvalue weighted by molar-refractivity contribution is 0.290. The smallest absolute Gasteiger partial charge is 0.176 e.